The van der Waals surface area contributed by atoms with E-state index in [1.54, 1.807) is 24.3 Å². The van der Waals surface area contributed by atoms with Crippen molar-refractivity contribution in [3.63, 3.8) is 0 Å². The van der Waals surface area contributed by atoms with E-state index >= 15 is 0 Å². The number of benzene rings is 2. The molecule has 1 aromatic heterocycles. The molecule has 0 atom stereocenters. The van der Waals surface area contributed by atoms with Crippen LogP contribution in [-0.2, 0) is 9.84 Å². The fourth-order valence-electron chi connectivity index (χ4n) is 2.30. The molecule has 0 saturated carbocycles. The molecule has 0 spiro atoms. The Morgan fingerprint density at radius 2 is 1.67 bits per heavy atom. The minimum Gasteiger partial charge on any atom is -0.384 e. The molecule has 5 heteroatoms. The Balaban J connectivity index is 2.21. The maximum absolute atomic E-state index is 11.5. The van der Waals surface area contributed by atoms with Crippen LogP contribution >= 0.6 is 0 Å². The number of aromatic nitrogens is 1. The van der Waals surface area contributed by atoms with Crippen molar-refractivity contribution in [1.29, 1.82) is 0 Å². The van der Waals surface area contributed by atoms with E-state index in [0.29, 0.717) is 10.7 Å². The number of nitrogens with zero attached hydrogens (tertiary/aromatic N) is 1. The second kappa shape index (κ2) is 4.86. The van der Waals surface area contributed by atoms with Gasteiger partial charge in [-0.05, 0) is 23.6 Å². The Labute approximate surface area is 123 Å². The smallest absolute Gasteiger partial charge is 0.175 e. The number of rotatable bonds is 2. The molecule has 4 nitrogen and oxygen atoms in total. The number of fused-ring (bicyclic) bond motifs is 1. The summed E-state index contributed by atoms with van der Waals surface area (Å²) in [5.41, 5.74) is 7.45. The van der Waals surface area contributed by atoms with Crippen molar-refractivity contribution in [3.8, 4) is 11.3 Å². The van der Waals surface area contributed by atoms with Gasteiger partial charge in [-0.1, -0.05) is 36.4 Å². The summed E-state index contributed by atoms with van der Waals surface area (Å²) in [7, 11) is -3.20. The highest BCUT2D eigenvalue weighted by Gasteiger charge is 2.10. The molecule has 0 aliphatic heterocycles. The third kappa shape index (κ3) is 2.60. The first-order chi connectivity index (χ1) is 9.95. The molecule has 3 aromatic rings. The van der Waals surface area contributed by atoms with Gasteiger partial charge >= 0.3 is 0 Å². The third-order valence-corrected chi connectivity index (χ3v) is 4.44. The summed E-state index contributed by atoms with van der Waals surface area (Å²) in [5, 5.41) is 1.99. The molecule has 1 heterocycles. The molecule has 0 aliphatic rings. The van der Waals surface area contributed by atoms with Crippen LogP contribution in [0.25, 0.3) is 22.0 Å². The number of nitrogens with two attached hydrogens (primary N) is 1. The van der Waals surface area contributed by atoms with E-state index in [9.17, 15) is 8.42 Å². The second-order valence-corrected chi connectivity index (χ2v) is 6.93. The van der Waals surface area contributed by atoms with Crippen molar-refractivity contribution in [2.24, 2.45) is 0 Å². The zero-order chi connectivity index (χ0) is 15.0. The molecule has 21 heavy (non-hydrogen) atoms. The minimum absolute atomic E-state index is 0.291. The Hall–Kier alpha value is -2.40. The first-order valence-electron chi connectivity index (χ1n) is 6.41. The number of sulfone groups is 1. The van der Waals surface area contributed by atoms with Crippen LogP contribution in [-0.4, -0.2) is 19.7 Å². The highest BCUT2D eigenvalue weighted by Crippen LogP contribution is 2.28. The van der Waals surface area contributed by atoms with Gasteiger partial charge in [0.25, 0.3) is 0 Å². The first kappa shape index (κ1) is 13.6. The quantitative estimate of drug-likeness (QED) is 0.789. The van der Waals surface area contributed by atoms with Crippen LogP contribution in [0.15, 0.2) is 59.5 Å². The van der Waals surface area contributed by atoms with Crippen molar-refractivity contribution in [1.82, 2.24) is 4.98 Å². The average molecular weight is 298 g/mol. The largest absolute Gasteiger partial charge is 0.384 e. The van der Waals surface area contributed by atoms with Crippen LogP contribution in [0, 0.1) is 0 Å². The number of hydrogen-bond acceptors (Lipinski definition) is 4. The van der Waals surface area contributed by atoms with E-state index in [0.717, 1.165) is 22.0 Å². The molecule has 3 rings (SSSR count). The van der Waals surface area contributed by atoms with Gasteiger partial charge in [-0.25, -0.2) is 13.4 Å². The molecule has 0 bridgehead atoms. The number of pyridine rings is 1. The van der Waals surface area contributed by atoms with E-state index in [1.807, 2.05) is 30.3 Å². The summed E-state index contributed by atoms with van der Waals surface area (Å²) in [6, 6.07) is 16.3. The van der Waals surface area contributed by atoms with Gasteiger partial charge in [-0.2, -0.15) is 0 Å². The van der Waals surface area contributed by atoms with Gasteiger partial charge < -0.3 is 5.73 Å². The van der Waals surface area contributed by atoms with Crippen LogP contribution in [0.5, 0.6) is 0 Å². The fraction of sp³-hybridized carbons (Fsp3) is 0.0625. The second-order valence-electron chi connectivity index (χ2n) is 4.91. The number of anilines is 1. The molecule has 0 aliphatic carbocycles. The molecule has 0 fully saturated rings. The van der Waals surface area contributed by atoms with E-state index in [1.165, 1.54) is 6.26 Å². The Kier molecular flexibility index (Phi) is 3.14. The van der Waals surface area contributed by atoms with Crippen molar-refractivity contribution in [2.45, 2.75) is 4.90 Å². The lowest BCUT2D eigenvalue weighted by Gasteiger charge is -2.08. The lowest BCUT2D eigenvalue weighted by atomic mass is 10.0. The normalized spacial score (nSPS) is 11.7. The van der Waals surface area contributed by atoms with Crippen molar-refractivity contribution < 1.29 is 8.42 Å². The summed E-state index contributed by atoms with van der Waals surface area (Å²) < 4.78 is 23.0. The van der Waals surface area contributed by atoms with Gasteiger partial charge in [-0.3, -0.25) is 0 Å². The summed E-state index contributed by atoms with van der Waals surface area (Å²) in [4.78, 5) is 4.68. The Morgan fingerprint density at radius 1 is 1.00 bits per heavy atom. The van der Waals surface area contributed by atoms with Crippen molar-refractivity contribution in [3.05, 3.63) is 54.6 Å². The topological polar surface area (TPSA) is 73.0 Å². The zero-order valence-electron chi connectivity index (χ0n) is 11.4. The Bertz CT molecular complexity index is 917. The van der Waals surface area contributed by atoms with Gasteiger partial charge in [0.2, 0.25) is 0 Å². The van der Waals surface area contributed by atoms with Gasteiger partial charge in [-0.15, -0.1) is 0 Å². The Morgan fingerprint density at radius 3 is 2.33 bits per heavy atom. The molecular weight excluding hydrogens is 284 g/mol. The monoisotopic (exact) mass is 298 g/mol. The highest BCUT2D eigenvalue weighted by molar-refractivity contribution is 7.90. The molecule has 0 saturated heterocycles. The molecule has 2 aromatic carbocycles. The van der Waals surface area contributed by atoms with Crippen molar-refractivity contribution in [2.75, 3.05) is 12.0 Å². The van der Waals surface area contributed by atoms with E-state index in [-0.39, 0.29) is 0 Å². The lowest BCUT2D eigenvalue weighted by molar-refractivity contribution is 0.602. The van der Waals surface area contributed by atoms with Gasteiger partial charge in [0.05, 0.1) is 10.6 Å². The van der Waals surface area contributed by atoms with Crippen LogP contribution in [0.3, 0.4) is 0 Å². The lowest BCUT2D eigenvalue weighted by Crippen LogP contribution is -1.97. The SMILES string of the molecule is CS(=O)(=O)c1ccc(-c2nc(N)cc3ccccc23)cc1. The summed E-state index contributed by atoms with van der Waals surface area (Å²) in [6.45, 7) is 0. The van der Waals surface area contributed by atoms with Gasteiger partial charge in [0.1, 0.15) is 5.82 Å². The van der Waals surface area contributed by atoms with Crippen LogP contribution in [0.4, 0.5) is 5.82 Å². The first-order valence-corrected chi connectivity index (χ1v) is 8.30. The van der Waals surface area contributed by atoms with Crippen molar-refractivity contribution >= 4 is 26.4 Å². The molecule has 106 valence electrons. The van der Waals surface area contributed by atoms with E-state index < -0.39 is 9.84 Å². The van der Waals surface area contributed by atoms with Crippen LogP contribution < -0.4 is 5.73 Å². The minimum atomic E-state index is -3.20. The van der Waals surface area contributed by atoms with Gasteiger partial charge in [0, 0.05) is 17.2 Å². The molecule has 0 amide bonds. The predicted molar refractivity (Wildman–Crippen MR) is 84.7 cm³/mol. The zero-order valence-corrected chi connectivity index (χ0v) is 12.3. The molecule has 0 unspecified atom stereocenters. The third-order valence-electron chi connectivity index (χ3n) is 3.32. The standard InChI is InChI=1S/C16H14N2O2S/c1-21(19,20)13-8-6-11(7-9-13)16-14-5-3-2-4-12(14)10-15(17)18-16/h2-10H,1H3,(H2,17,18). The molecule has 2 N–H and O–H groups in total. The van der Waals surface area contributed by atoms with Gasteiger partial charge in [0.15, 0.2) is 9.84 Å². The van der Waals surface area contributed by atoms with Crippen LogP contribution in [0.1, 0.15) is 0 Å². The summed E-state index contributed by atoms with van der Waals surface area (Å²) in [5.74, 6) is 0.441. The highest BCUT2D eigenvalue weighted by atomic mass is 32.2. The number of nitrogen functional groups attached to an aromatic ring is 1. The van der Waals surface area contributed by atoms with E-state index in [4.69, 9.17) is 5.73 Å². The average Bonchev–Trinajstić information content (AvgIpc) is 2.45. The number of hydrogen-bond donors (Lipinski definition) is 1. The maximum atomic E-state index is 11.5. The molecule has 0 radical (unpaired) electrons. The maximum Gasteiger partial charge on any atom is 0.175 e. The fourth-order valence-corrected chi connectivity index (χ4v) is 2.93. The predicted octanol–water partition coefficient (Wildman–Crippen LogP) is 2.89. The van der Waals surface area contributed by atoms with E-state index in [2.05, 4.69) is 4.98 Å². The van der Waals surface area contributed by atoms with Crippen LogP contribution in [0.2, 0.25) is 0 Å². The summed E-state index contributed by atoms with van der Waals surface area (Å²) >= 11 is 0. The molecular formula is C16H14N2O2S. The summed E-state index contributed by atoms with van der Waals surface area (Å²) in [6.07, 6.45) is 1.19.